The number of benzene rings is 4. The van der Waals surface area contributed by atoms with Crippen LogP contribution >= 0.6 is 0 Å². The van der Waals surface area contributed by atoms with Crippen LogP contribution in [-0.4, -0.2) is 35.3 Å². The number of aliphatic hydroxyl groups is 1. The van der Waals surface area contributed by atoms with Crippen molar-refractivity contribution in [1.82, 2.24) is 10.6 Å². The Morgan fingerprint density at radius 2 is 1.54 bits per heavy atom. The standard InChI is InChI=1S/C34H34F2N2O3/c1-34(2,3)41-25-13-14-27-26-11-7-8-12-28(26)32(29(27)19-25)37-20-31(39)30(17-21-15-23(35)18-24(36)16-21)38-33(40)22-9-5-4-6-10-22/h4-16,18-19,30-32,37,39H,17,20H2,1-3H3,(H,38,40)/t30-,31+,32?/m0/s1. The highest BCUT2D eigenvalue weighted by Gasteiger charge is 2.31. The summed E-state index contributed by atoms with van der Waals surface area (Å²) in [4.78, 5) is 13.0. The number of nitrogens with one attached hydrogen (secondary N) is 2. The molecule has 5 rings (SSSR count). The number of carbonyl (C=O) groups excluding carboxylic acids is 1. The highest BCUT2D eigenvalue weighted by molar-refractivity contribution is 5.94. The molecule has 0 spiro atoms. The van der Waals surface area contributed by atoms with Crippen molar-refractivity contribution in [2.75, 3.05) is 6.54 Å². The Morgan fingerprint density at radius 1 is 0.878 bits per heavy atom. The molecule has 0 radical (unpaired) electrons. The zero-order valence-electron chi connectivity index (χ0n) is 23.3. The summed E-state index contributed by atoms with van der Waals surface area (Å²) in [6.45, 7) is 6.10. The first-order valence-electron chi connectivity index (χ1n) is 13.7. The van der Waals surface area contributed by atoms with Crippen molar-refractivity contribution in [1.29, 1.82) is 0 Å². The van der Waals surface area contributed by atoms with Gasteiger partial charge < -0.3 is 20.5 Å². The van der Waals surface area contributed by atoms with Crippen molar-refractivity contribution in [3.8, 4) is 16.9 Å². The van der Waals surface area contributed by atoms with Crippen LogP contribution in [0.25, 0.3) is 11.1 Å². The number of rotatable bonds is 9. The molecule has 5 nitrogen and oxygen atoms in total. The number of hydrogen-bond donors (Lipinski definition) is 3. The fourth-order valence-electron chi connectivity index (χ4n) is 5.31. The molecule has 0 saturated heterocycles. The first-order valence-corrected chi connectivity index (χ1v) is 13.7. The van der Waals surface area contributed by atoms with Crippen molar-refractivity contribution < 1.29 is 23.4 Å². The molecule has 1 amide bonds. The van der Waals surface area contributed by atoms with Crippen molar-refractivity contribution in [2.24, 2.45) is 0 Å². The van der Waals surface area contributed by atoms with Crippen LogP contribution in [-0.2, 0) is 6.42 Å². The van der Waals surface area contributed by atoms with Crippen molar-refractivity contribution in [3.63, 3.8) is 0 Å². The first kappa shape index (κ1) is 28.5. The summed E-state index contributed by atoms with van der Waals surface area (Å²) in [6.07, 6.45) is -1.03. The molecule has 7 heteroatoms. The maximum Gasteiger partial charge on any atom is 0.251 e. The van der Waals surface area contributed by atoms with Gasteiger partial charge in [0.25, 0.3) is 5.91 Å². The molecule has 0 fully saturated rings. The molecule has 0 heterocycles. The molecule has 0 aromatic heterocycles. The summed E-state index contributed by atoms with van der Waals surface area (Å²) >= 11 is 0. The number of aliphatic hydroxyl groups excluding tert-OH is 1. The molecular formula is C34H34F2N2O3. The maximum absolute atomic E-state index is 14.0. The predicted molar refractivity (Wildman–Crippen MR) is 156 cm³/mol. The molecule has 4 aromatic carbocycles. The third-order valence-corrected chi connectivity index (χ3v) is 7.05. The number of ether oxygens (including phenoxy) is 1. The molecule has 3 atom stereocenters. The van der Waals surface area contributed by atoms with Crippen molar-refractivity contribution >= 4 is 5.91 Å². The minimum atomic E-state index is -1.07. The zero-order valence-corrected chi connectivity index (χ0v) is 23.3. The van der Waals surface area contributed by atoms with Gasteiger partial charge in [-0.1, -0.05) is 48.5 Å². The third-order valence-electron chi connectivity index (χ3n) is 7.05. The van der Waals surface area contributed by atoms with E-state index in [-0.39, 0.29) is 30.5 Å². The average molecular weight is 557 g/mol. The van der Waals surface area contributed by atoms with Crippen LogP contribution in [0.2, 0.25) is 0 Å². The average Bonchev–Trinajstić information content (AvgIpc) is 3.23. The fraction of sp³-hybridized carbons (Fsp3) is 0.265. The Bertz CT molecular complexity index is 1510. The van der Waals surface area contributed by atoms with Gasteiger partial charge in [-0.15, -0.1) is 0 Å². The van der Waals surface area contributed by atoms with Crippen LogP contribution in [0.15, 0.2) is 91.0 Å². The molecule has 212 valence electrons. The summed E-state index contributed by atoms with van der Waals surface area (Å²) in [5, 5.41) is 17.7. The molecule has 1 aliphatic carbocycles. The lowest BCUT2D eigenvalue weighted by molar-refractivity contribution is 0.0827. The second-order valence-corrected chi connectivity index (χ2v) is 11.4. The van der Waals surface area contributed by atoms with Gasteiger partial charge in [-0.05, 0) is 91.4 Å². The Kier molecular flexibility index (Phi) is 8.20. The first-order chi connectivity index (χ1) is 19.6. The normalized spacial score (nSPS) is 15.5. The van der Waals surface area contributed by atoms with Crippen LogP contribution in [0, 0.1) is 11.6 Å². The Labute approximate surface area is 239 Å². The van der Waals surface area contributed by atoms with Crippen LogP contribution < -0.4 is 15.4 Å². The van der Waals surface area contributed by atoms with Gasteiger partial charge in [0.05, 0.1) is 18.2 Å². The van der Waals surface area contributed by atoms with Gasteiger partial charge in [-0.3, -0.25) is 4.79 Å². The van der Waals surface area contributed by atoms with Gasteiger partial charge in [-0.25, -0.2) is 8.78 Å². The van der Waals surface area contributed by atoms with Crippen LogP contribution in [0.1, 0.15) is 53.9 Å². The minimum Gasteiger partial charge on any atom is -0.488 e. The maximum atomic E-state index is 14.0. The van der Waals surface area contributed by atoms with E-state index in [1.54, 1.807) is 30.3 Å². The summed E-state index contributed by atoms with van der Waals surface area (Å²) in [5.74, 6) is -1.06. The number of hydrogen-bond acceptors (Lipinski definition) is 4. The summed E-state index contributed by atoms with van der Waals surface area (Å²) in [6, 6.07) is 24.9. The third kappa shape index (κ3) is 6.81. The van der Waals surface area contributed by atoms with E-state index in [1.165, 1.54) is 12.1 Å². The van der Waals surface area contributed by atoms with Gasteiger partial charge in [0.1, 0.15) is 23.0 Å². The highest BCUT2D eigenvalue weighted by Crippen LogP contribution is 2.45. The second-order valence-electron chi connectivity index (χ2n) is 11.4. The lowest BCUT2D eigenvalue weighted by Crippen LogP contribution is -2.49. The van der Waals surface area contributed by atoms with E-state index in [4.69, 9.17) is 4.74 Å². The summed E-state index contributed by atoms with van der Waals surface area (Å²) < 4.78 is 34.1. The predicted octanol–water partition coefficient (Wildman–Crippen LogP) is 6.20. The molecule has 0 bridgehead atoms. The number of amides is 1. The largest absolute Gasteiger partial charge is 0.488 e. The molecule has 1 aliphatic rings. The summed E-state index contributed by atoms with van der Waals surface area (Å²) in [7, 11) is 0. The number of carbonyl (C=O) groups is 1. The number of fused-ring (bicyclic) bond motifs is 3. The fourth-order valence-corrected chi connectivity index (χ4v) is 5.31. The monoisotopic (exact) mass is 556 g/mol. The molecule has 4 aromatic rings. The van der Waals surface area contributed by atoms with Crippen LogP contribution in [0.4, 0.5) is 8.78 Å². The SMILES string of the molecule is CC(C)(C)Oc1ccc2c(c1)C(NC[C@@H](O)[C@H](Cc1cc(F)cc(F)c1)NC(=O)c1ccccc1)c1ccccc1-2. The smallest absolute Gasteiger partial charge is 0.251 e. The Hall–Kier alpha value is -4.07. The van der Waals surface area contributed by atoms with E-state index >= 15 is 0 Å². The van der Waals surface area contributed by atoms with Gasteiger partial charge in [-0.2, -0.15) is 0 Å². The van der Waals surface area contributed by atoms with Crippen molar-refractivity contribution in [2.45, 2.75) is 51.0 Å². The molecule has 0 aliphatic heterocycles. The van der Waals surface area contributed by atoms with E-state index in [0.29, 0.717) is 11.1 Å². The number of halogens is 2. The molecule has 0 saturated carbocycles. The Morgan fingerprint density at radius 3 is 2.24 bits per heavy atom. The quantitative estimate of drug-likeness (QED) is 0.230. The van der Waals surface area contributed by atoms with Crippen LogP contribution in [0.5, 0.6) is 5.75 Å². The van der Waals surface area contributed by atoms with Gasteiger partial charge in [0.2, 0.25) is 0 Å². The lowest BCUT2D eigenvalue weighted by atomic mass is 9.99. The summed E-state index contributed by atoms with van der Waals surface area (Å²) in [5.41, 5.74) is 4.67. The topological polar surface area (TPSA) is 70.6 Å². The van der Waals surface area contributed by atoms with Gasteiger partial charge in [0, 0.05) is 18.2 Å². The Balaban J connectivity index is 1.39. The molecule has 1 unspecified atom stereocenters. The van der Waals surface area contributed by atoms with E-state index < -0.39 is 23.8 Å². The highest BCUT2D eigenvalue weighted by atomic mass is 19.1. The van der Waals surface area contributed by atoms with E-state index in [0.717, 1.165) is 34.1 Å². The van der Waals surface area contributed by atoms with E-state index in [1.807, 2.05) is 51.1 Å². The zero-order chi connectivity index (χ0) is 29.1. The lowest BCUT2D eigenvalue weighted by Gasteiger charge is -2.27. The van der Waals surface area contributed by atoms with E-state index in [9.17, 15) is 18.7 Å². The van der Waals surface area contributed by atoms with Crippen LogP contribution in [0.3, 0.4) is 0 Å². The molecule has 3 N–H and O–H groups in total. The van der Waals surface area contributed by atoms with Gasteiger partial charge >= 0.3 is 0 Å². The minimum absolute atomic E-state index is 0.0392. The van der Waals surface area contributed by atoms with Crippen molar-refractivity contribution in [3.05, 3.63) is 125 Å². The van der Waals surface area contributed by atoms with E-state index in [2.05, 4.69) is 22.8 Å². The second kappa shape index (κ2) is 11.8. The van der Waals surface area contributed by atoms with Gasteiger partial charge in [0.15, 0.2) is 0 Å². The molecular weight excluding hydrogens is 522 g/mol. The molecule has 41 heavy (non-hydrogen) atoms.